The van der Waals surface area contributed by atoms with E-state index in [1.165, 1.54) is 10.7 Å². The van der Waals surface area contributed by atoms with E-state index in [0.29, 0.717) is 5.82 Å². The van der Waals surface area contributed by atoms with Crippen LogP contribution in [0.25, 0.3) is 0 Å². The van der Waals surface area contributed by atoms with E-state index in [1.54, 1.807) is 11.0 Å². The lowest BCUT2D eigenvalue weighted by Crippen LogP contribution is -2.26. The zero-order valence-electron chi connectivity index (χ0n) is 7.77. The first-order chi connectivity index (χ1) is 6.15. The van der Waals surface area contributed by atoms with E-state index < -0.39 is 0 Å². The summed E-state index contributed by atoms with van der Waals surface area (Å²) in [6, 6.07) is 3.09. The highest BCUT2D eigenvalue weighted by atomic mass is 16.3. The van der Waals surface area contributed by atoms with Crippen molar-refractivity contribution in [3.8, 4) is 0 Å². The molecule has 1 heterocycles. The first-order valence-electron chi connectivity index (χ1n) is 4.01. The second-order valence-corrected chi connectivity index (χ2v) is 2.87. The van der Waals surface area contributed by atoms with Gasteiger partial charge in [0.05, 0.1) is 13.2 Å². The fraction of sp³-hybridized carbons (Fsp3) is 0.500. The summed E-state index contributed by atoms with van der Waals surface area (Å²) >= 11 is 0. The van der Waals surface area contributed by atoms with Gasteiger partial charge in [0.15, 0.2) is 0 Å². The minimum absolute atomic E-state index is 0.0796. The monoisotopic (exact) mass is 183 g/mol. The van der Waals surface area contributed by atoms with Crippen molar-refractivity contribution in [1.82, 2.24) is 9.78 Å². The molecule has 1 N–H and O–H groups in total. The molecule has 0 saturated heterocycles. The molecule has 0 bridgehead atoms. The van der Waals surface area contributed by atoms with Gasteiger partial charge in [0.2, 0.25) is 0 Å². The number of nitrogens with zero attached hydrogens (tertiary/aromatic N) is 3. The second-order valence-electron chi connectivity index (χ2n) is 2.87. The molecular weight excluding hydrogens is 170 g/mol. The fourth-order valence-electron chi connectivity index (χ4n) is 0.932. The van der Waals surface area contributed by atoms with E-state index in [-0.39, 0.29) is 18.7 Å². The van der Waals surface area contributed by atoms with Gasteiger partial charge < -0.3 is 10.0 Å². The summed E-state index contributed by atoms with van der Waals surface area (Å²) < 4.78 is 1.25. The van der Waals surface area contributed by atoms with Crippen molar-refractivity contribution in [2.24, 2.45) is 0 Å². The number of anilines is 1. The molecule has 13 heavy (non-hydrogen) atoms. The summed E-state index contributed by atoms with van der Waals surface area (Å²) in [6.07, 6.45) is 0. The fourth-order valence-corrected chi connectivity index (χ4v) is 0.932. The maximum atomic E-state index is 11.2. The highest BCUT2D eigenvalue weighted by molar-refractivity contribution is 5.33. The molecule has 1 aromatic heterocycles. The highest BCUT2D eigenvalue weighted by Gasteiger charge is 2.00. The van der Waals surface area contributed by atoms with Gasteiger partial charge in [-0.25, -0.2) is 4.68 Å². The third-order valence-electron chi connectivity index (χ3n) is 1.62. The summed E-state index contributed by atoms with van der Waals surface area (Å²) in [5.74, 6) is 0.702. The first-order valence-corrected chi connectivity index (χ1v) is 4.01. The molecule has 5 nitrogen and oxygen atoms in total. The molecule has 0 aliphatic carbocycles. The number of hydrogen-bond acceptors (Lipinski definition) is 4. The van der Waals surface area contributed by atoms with E-state index >= 15 is 0 Å². The van der Waals surface area contributed by atoms with Crippen molar-refractivity contribution < 1.29 is 5.11 Å². The Morgan fingerprint density at radius 3 is 2.77 bits per heavy atom. The van der Waals surface area contributed by atoms with Crippen LogP contribution in [0.1, 0.15) is 0 Å². The Bertz CT molecular complexity index is 332. The average molecular weight is 183 g/mol. The number of aliphatic hydroxyl groups is 1. The number of rotatable bonds is 3. The maximum Gasteiger partial charge on any atom is 0.266 e. The van der Waals surface area contributed by atoms with Gasteiger partial charge in [-0.2, -0.15) is 5.10 Å². The Balaban J connectivity index is 3.04. The van der Waals surface area contributed by atoms with Crippen molar-refractivity contribution >= 4 is 5.82 Å². The zero-order chi connectivity index (χ0) is 9.84. The molecule has 1 aromatic rings. The van der Waals surface area contributed by atoms with Crippen LogP contribution in [0.5, 0.6) is 0 Å². The second kappa shape index (κ2) is 4.04. The Morgan fingerprint density at radius 1 is 1.54 bits per heavy atom. The minimum atomic E-state index is -0.195. The first kappa shape index (κ1) is 9.73. The average Bonchev–Trinajstić information content (AvgIpc) is 2.08. The minimum Gasteiger partial charge on any atom is -0.394 e. The Hall–Kier alpha value is -1.36. The van der Waals surface area contributed by atoms with Gasteiger partial charge in [0.1, 0.15) is 5.82 Å². The maximum absolute atomic E-state index is 11.2. The Kier molecular flexibility index (Phi) is 3.02. The molecule has 72 valence electrons. The van der Waals surface area contributed by atoms with Gasteiger partial charge in [-0.15, -0.1) is 0 Å². The molecule has 0 fully saturated rings. The van der Waals surface area contributed by atoms with Crippen molar-refractivity contribution in [3.05, 3.63) is 22.5 Å². The van der Waals surface area contributed by atoms with Crippen LogP contribution in [-0.4, -0.2) is 35.6 Å². The largest absolute Gasteiger partial charge is 0.394 e. The van der Waals surface area contributed by atoms with Crippen molar-refractivity contribution in [3.63, 3.8) is 0 Å². The zero-order valence-corrected chi connectivity index (χ0v) is 7.77. The summed E-state index contributed by atoms with van der Waals surface area (Å²) in [5, 5.41) is 12.7. The third-order valence-corrected chi connectivity index (χ3v) is 1.62. The molecule has 0 unspecified atom stereocenters. The van der Waals surface area contributed by atoms with Crippen LogP contribution < -0.4 is 10.5 Å². The van der Waals surface area contributed by atoms with Crippen molar-refractivity contribution in [2.45, 2.75) is 6.54 Å². The predicted octanol–water partition coefficient (Wildman–Crippen LogP) is -0.698. The van der Waals surface area contributed by atoms with E-state index in [1.807, 2.05) is 14.1 Å². The van der Waals surface area contributed by atoms with E-state index in [9.17, 15) is 4.79 Å². The Morgan fingerprint density at radius 2 is 2.23 bits per heavy atom. The smallest absolute Gasteiger partial charge is 0.266 e. The third kappa shape index (κ3) is 2.29. The van der Waals surface area contributed by atoms with Gasteiger partial charge in [0.25, 0.3) is 5.56 Å². The van der Waals surface area contributed by atoms with Gasteiger partial charge in [-0.3, -0.25) is 4.79 Å². The summed E-state index contributed by atoms with van der Waals surface area (Å²) in [5.41, 5.74) is -0.195. The lowest BCUT2D eigenvalue weighted by atomic mass is 10.5. The molecule has 5 heteroatoms. The standard InChI is InChI=1S/C8H13N3O2/c1-10(2)7-3-4-8(13)11(9-7)5-6-12/h3-4,12H,5-6H2,1-2H3. The molecular formula is C8H13N3O2. The van der Waals surface area contributed by atoms with Crippen LogP contribution >= 0.6 is 0 Å². The number of aliphatic hydroxyl groups excluding tert-OH is 1. The summed E-state index contributed by atoms with van der Waals surface area (Å²) in [7, 11) is 3.69. The SMILES string of the molecule is CN(C)c1ccc(=O)n(CCO)n1. The van der Waals surface area contributed by atoms with Gasteiger partial charge in [0, 0.05) is 20.2 Å². The normalized spacial score (nSPS) is 10.1. The predicted molar refractivity (Wildman–Crippen MR) is 49.9 cm³/mol. The molecule has 1 rings (SSSR count). The molecule has 0 aliphatic heterocycles. The Labute approximate surface area is 76.2 Å². The van der Waals surface area contributed by atoms with Crippen LogP contribution in [0.15, 0.2) is 16.9 Å². The molecule has 0 saturated carbocycles. The van der Waals surface area contributed by atoms with Gasteiger partial charge in [-0.05, 0) is 6.07 Å². The quantitative estimate of drug-likeness (QED) is 0.673. The summed E-state index contributed by atoms with van der Waals surface area (Å²) in [4.78, 5) is 13.0. The van der Waals surface area contributed by atoms with Crippen molar-refractivity contribution in [2.75, 3.05) is 25.6 Å². The van der Waals surface area contributed by atoms with E-state index in [2.05, 4.69) is 5.10 Å². The van der Waals surface area contributed by atoms with Crippen molar-refractivity contribution in [1.29, 1.82) is 0 Å². The van der Waals surface area contributed by atoms with Gasteiger partial charge in [-0.1, -0.05) is 0 Å². The lowest BCUT2D eigenvalue weighted by molar-refractivity contribution is 0.266. The van der Waals surface area contributed by atoms with E-state index in [0.717, 1.165) is 0 Å². The lowest BCUT2D eigenvalue weighted by Gasteiger charge is -2.12. The highest BCUT2D eigenvalue weighted by Crippen LogP contribution is 2.00. The number of aromatic nitrogens is 2. The number of hydrogen-bond donors (Lipinski definition) is 1. The molecule has 0 radical (unpaired) electrons. The van der Waals surface area contributed by atoms with E-state index in [4.69, 9.17) is 5.11 Å². The van der Waals surface area contributed by atoms with Gasteiger partial charge >= 0.3 is 0 Å². The molecule has 0 aromatic carbocycles. The van der Waals surface area contributed by atoms with Crippen LogP contribution in [0, 0.1) is 0 Å². The molecule has 0 aliphatic rings. The molecule has 0 amide bonds. The van der Waals surface area contributed by atoms with Crippen LogP contribution in [-0.2, 0) is 6.54 Å². The topological polar surface area (TPSA) is 58.4 Å². The van der Waals surface area contributed by atoms with Crippen LogP contribution in [0.3, 0.4) is 0 Å². The van der Waals surface area contributed by atoms with Crippen LogP contribution in [0.4, 0.5) is 5.82 Å². The molecule has 0 spiro atoms. The van der Waals surface area contributed by atoms with Crippen LogP contribution in [0.2, 0.25) is 0 Å². The molecule has 0 atom stereocenters. The summed E-state index contributed by atoms with van der Waals surface area (Å²) in [6.45, 7) is 0.157.